The average molecular weight is 297 g/mol. The van der Waals surface area contributed by atoms with E-state index in [1.165, 1.54) is 29.9 Å². The van der Waals surface area contributed by atoms with E-state index in [0.29, 0.717) is 0 Å². The van der Waals surface area contributed by atoms with Crippen molar-refractivity contribution < 1.29 is 18.0 Å². The highest BCUT2D eigenvalue weighted by Crippen LogP contribution is 2.24. The van der Waals surface area contributed by atoms with E-state index in [0.717, 1.165) is 4.90 Å². The van der Waals surface area contributed by atoms with Gasteiger partial charge in [-0.1, -0.05) is 18.2 Å². The van der Waals surface area contributed by atoms with Crippen LogP contribution in [-0.2, 0) is 4.79 Å². The van der Waals surface area contributed by atoms with E-state index in [1.807, 2.05) is 0 Å². The SMILES string of the molecule is C[C@H](C(=O)N(CC(F)(F)F)c1ccccc1)n1cccn1. The first kappa shape index (κ1) is 15.1. The van der Waals surface area contributed by atoms with Crippen LogP contribution in [0.2, 0.25) is 0 Å². The fourth-order valence-electron chi connectivity index (χ4n) is 1.93. The Kier molecular flexibility index (Phi) is 4.30. The molecule has 4 nitrogen and oxygen atoms in total. The number of hydrogen-bond donors (Lipinski definition) is 0. The number of carbonyl (C=O) groups is 1. The number of amides is 1. The monoisotopic (exact) mass is 297 g/mol. The number of para-hydroxylation sites is 1. The van der Waals surface area contributed by atoms with Gasteiger partial charge in [-0.15, -0.1) is 0 Å². The van der Waals surface area contributed by atoms with Crippen LogP contribution in [-0.4, -0.2) is 28.4 Å². The number of nitrogens with zero attached hydrogens (tertiary/aromatic N) is 3. The van der Waals surface area contributed by atoms with Gasteiger partial charge in [0.2, 0.25) is 0 Å². The molecule has 7 heteroatoms. The summed E-state index contributed by atoms with van der Waals surface area (Å²) >= 11 is 0. The number of rotatable bonds is 4. The number of hydrogen-bond acceptors (Lipinski definition) is 2. The fraction of sp³-hybridized carbons (Fsp3) is 0.286. The predicted octanol–water partition coefficient (Wildman–Crippen LogP) is 3.04. The molecule has 0 radical (unpaired) electrons. The number of benzene rings is 1. The Hall–Kier alpha value is -2.31. The van der Waals surface area contributed by atoms with Crippen LogP contribution in [0.1, 0.15) is 13.0 Å². The van der Waals surface area contributed by atoms with Crippen molar-refractivity contribution in [3.63, 3.8) is 0 Å². The Labute approximate surface area is 119 Å². The molecule has 1 amide bonds. The predicted molar refractivity (Wildman–Crippen MR) is 71.8 cm³/mol. The van der Waals surface area contributed by atoms with Crippen molar-refractivity contribution in [1.82, 2.24) is 9.78 Å². The van der Waals surface area contributed by atoms with Crippen molar-refractivity contribution in [3.8, 4) is 0 Å². The molecule has 0 aliphatic carbocycles. The summed E-state index contributed by atoms with van der Waals surface area (Å²) in [5.74, 6) is -0.665. The zero-order chi connectivity index (χ0) is 15.5. The molecule has 21 heavy (non-hydrogen) atoms. The van der Waals surface area contributed by atoms with Crippen molar-refractivity contribution >= 4 is 11.6 Å². The van der Waals surface area contributed by atoms with Gasteiger partial charge in [-0.2, -0.15) is 18.3 Å². The molecule has 0 saturated carbocycles. The summed E-state index contributed by atoms with van der Waals surface area (Å²) in [7, 11) is 0. The first-order valence-electron chi connectivity index (χ1n) is 6.31. The van der Waals surface area contributed by atoms with Crippen LogP contribution in [0.5, 0.6) is 0 Å². The van der Waals surface area contributed by atoms with Gasteiger partial charge in [0.1, 0.15) is 12.6 Å². The van der Waals surface area contributed by atoms with Crippen LogP contribution in [0, 0.1) is 0 Å². The normalized spacial score (nSPS) is 13.0. The van der Waals surface area contributed by atoms with Crippen LogP contribution >= 0.6 is 0 Å². The molecule has 2 aromatic rings. The lowest BCUT2D eigenvalue weighted by Gasteiger charge is -2.27. The molecule has 1 aromatic carbocycles. The molecule has 112 valence electrons. The van der Waals surface area contributed by atoms with Crippen LogP contribution < -0.4 is 4.90 Å². The summed E-state index contributed by atoms with van der Waals surface area (Å²) < 4.78 is 39.6. The van der Waals surface area contributed by atoms with Gasteiger partial charge < -0.3 is 4.90 Å². The third-order valence-electron chi connectivity index (χ3n) is 2.95. The lowest BCUT2D eigenvalue weighted by molar-refractivity contribution is -0.134. The molecule has 1 atom stereocenters. The van der Waals surface area contributed by atoms with Gasteiger partial charge in [-0.3, -0.25) is 9.48 Å². The second kappa shape index (κ2) is 5.99. The number of alkyl halides is 3. The van der Waals surface area contributed by atoms with Crippen LogP contribution in [0.3, 0.4) is 0 Å². The highest BCUT2D eigenvalue weighted by Gasteiger charge is 2.35. The zero-order valence-corrected chi connectivity index (χ0v) is 11.3. The van der Waals surface area contributed by atoms with Gasteiger partial charge in [0, 0.05) is 18.1 Å². The summed E-state index contributed by atoms with van der Waals surface area (Å²) in [6.45, 7) is 0.184. The van der Waals surface area contributed by atoms with E-state index < -0.39 is 24.7 Å². The Morgan fingerprint density at radius 3 is 2.48 bits per heavy atom. The zero-order valence-electron chi connectivity index (χ0n) is 11.3. The molecule has 0 aliphatic heterocycles. The maximum atomic E-state index is 12.7. The second-order valence-corrected chi connectivity index (χ2v) is 4.54. The molecule has 0 aliphatic rings. The second-order valence-electron chi connectivity index (χ2n) is 4.54. The maximum absolute atomic E-state index is 12.7. The Balaban J connectivity index is 2.29. The standard InChI is InChI=1S/C14H14F3N3O/c1-11(20-9-5-8-18-20)13(21)19(10-14(15,16)17)12-6-3-2-4-7-12/h2-9,11H,10H2,1H3/t11-/m1/s1. The van der Waals surface area contributed by atoms with Crippen molar-refractivity contribution in [2.45, 2.75) is 19.1 Å². The smallest absolute Gasteiger partial charge is 0.301 e. The molecule has 0 fully saturated rings. The molecule has 2 rings (SSSR count). The first-order chi connectivity index (χ1) is 9.88. The van der Waals surface area contributed by atoms with Gasteiger partial charge in [-0.05, 0) is 25.1 Å². The van der Waals surface area contributed by atoms with Crippen molar-refractivity contribution in [3.05, 3.63) is 48.8 Å². The number of anilines is 1. The van der Waals surface area contributed by atoms with Crippen LogP contribution in [0.15, 0.2) is 48.8 Å². The van der Waals surface area contributed by atoms with E-state index in [2.05, 4.69) is 5.10 Å². The minimum absolute atomic E-state index is 0.207. The minimum atomic E-state index is -4.48. The third-order valence-corrected chi connectivity index (χ3v) is 2.95. The highest BCUT2D eigenvalue weighted by atomic mass is 19.4. The Morgan fingerprint density at radius 2 is 1.95 bits per heavy atom. The summed E-state index contributed by atoms with van der Waals surface area (Å²) in [5.41, 5.74) is 0.207. The van der Waals surface area contributed by atoms with Crippen LogP contribution in [0.4, 0.5) is 18.9 Å². The lowest BCUT2D eigenvalue weighted by Crippen LogP contribution is -2.42. The first-order valence-corrected chi connectivity index (χ1v) is 6.31. The Bertz CT molecular complexity index is 581. The summed E-state index contributed by atoms with van der Waals surface area (Å²) in [6, 6.07) is 8.59. The van der Waals surface area contributed by atoms with Crippen molar-refractivity contribution in [1.29, 1.82) is 0 Å². The highest BCUT2D eigenvalue weighted by molar-refractivity contribution is 5.95. The summed E-state index contributed by atoms with van der Waals surface area (Å²) in [6.07, 6.45) is -1.46. The summed E-state index contributed by atoms with van der Waals surface area (Å²) in [5, 5.41) is 3.90. The van der Waals surface area contributed by atoms with Gasteiger partial charge in [0.05, 0.1) is 0 Å². The molecule has 0 unspecified atom stereocenters. The molecule has 0 N–H and O–H groups in total. The maximum Gasteiger partial charge on any atom is 0.406 e. The van der Waals surface area contributed by atoms with Crippen molar-refractivity contribution in [2.75, 3.05) is 11.4 Å². The Morgan fingerprint density at radius 1 is 1.29 bits per heavy atom. The number of halogens is 3. The number of carbonyl (C=O) groups excluding carboxylic acids is 1. The van der Waals surface area contributed by atoms with E-state index in [-0.39, 0.29) is 5.69 Å². The van der Waals surface area contributed by atoms with Gasteiger partial charge in [-0.25, -0.2) is 0 Å². The number of aromatic nitrogens is 2. The van der Waals surface area contributed by atoms with E-state index in [9.17, 15) is 18.0 Å². The third kappa shape index (κ3) is 3.84. The molecule has 1 aromatic heterocycles. The van der Waals surface area contributed by atoms with Crippen molar-refractivity contribution in [2.24, 2.45) is 0 Å². The van der Waals surface area contributed by atoms with Gasteiger partial charge in [0.25, 0.3) is 5.91 Å². The molecule has 0 saturated heterocycles. The van der Waals surface area contributed by atoms with E-state index in [1.54, 1.807) is 30.5 Å². The van der Waals surface area contributed by atoms with Gasteiger partial charge >= 0.3 is 6.18 Å². The summed E-state index contributed by atoms with van der Waals surface area (Å²) in [4.78, 5) is 13.1. The average Bonchev–Trinajstić information content (AvgIpc) is 2.97. The topological polar surface area (TPSA) is 38.1 Å². The molecule has 1 heterocycles. The molecular formula is C14H14F3N3O. The minimum Gasteiger partial charge on any atom is -0.301 e. The van der Waals surface area contributed by atoms with E-state index in [4.69, 9.17) is 0 Å². The van der Waals surface area contributed by atoms with Crippen LogP contribution in [0.25, 0.3) is 0 Å². The van der Waals surface area contributed by atoms with E-state index >= 15 is 0 Å². The quantitative estimate of drug-likeness (QED) is 0.870. The molecule has 0 spiro atoms. The molecular weight excluding hydrogens is 283 g/mol. The lowest BCUT2D eigenvalue weighted by atomic mass is 10.2. The van der Waals surface area contributed by atoms with Gasteiger partial charge in [0.15, 0.2) is 0 Å². The molecule has 0 bridgehead atoms. The largest absolute Gasteiger partial charge is 0.406 e. The fourth-order valence-corrected chi connectivity index (χ4v) is 1.93.